The molecule has 1 atom stereocenters. The maximum atomic E-state index is 12.1. The lowest BCUT2D eigenvalue weighted by molar-refractivity contribution is -0.155. The van der Waals surface area contributed by atoms with Crippen LogP contribution in [0.15, 0.2) is 29.2 Å². The summed E-state index contributed by atoms with van der Waals surface area (Å²) in [5.41, 5.74) is 1.32. The van der Waals surface area contributed by atoms with E-state index in [1.54, 1.807) is 9.80 Å². The normalized spacial score (nSPS) is 22.4. The Bertz CT molecular complexity index is 546. The Labute approximate surface area is 123 Å². The summed E-state index contributed by atoms with van der Waals surface area (Å²) in [6.45, 7) is 4.49. The first-order valence-electron chi connectivity index (χ1n) is 7.00. The summed E-state index contributed by atoms with van der Waals surface area (Å²) in [4.78, 5) is 28.7. The molecule has 0 spiro atoms. The first-order chi connectivity index (χ1) is 9.70. The monoisotopic (exact) mass is 290 g/mol. The molecule has 0 aromatic heterocycles. The Morgan fingerprint density at radius 3 is 2.65 bits per heavy atom. The Morgan fingerprint density at radius 2 is 1.85 bits per heavy atom. The zero-order chi connectivity index (χ0) is 14.1. The van der Waals surface area contributed by atoms with Crippen LogP contribution in [0.4, 0.5) is 0 Å². The second kappa shape index (κ2) is 5.48. The van der Waals surface area contributed by atoms with E-state index in [0.29, 0.717) is 32.1 Å². The van der Waals surface area contributed by atoms with Crippen LogP contribution in [0, 0.1) is 0 Å². The van der Waals surface area contributed by atoms with Gasteiger partial charge in [-0.2, -0.15) is 0 Å². The van der Waals surface area contributed by atoms with Crippen LogP contribution in [0.2, 0.25) is 0 Å². The van der Waals surface area contributed by atoms with Gasteiger partial charge in [0.25, 0.3) is 0 Å². The topological polar surface area (TPSA) is 40.6 Å². The number of rotatable bonds is 3. The van der Waals surface area contributed by atoms with Gasteiger partial charge in [0.15, 0.2) is 0 Å². The number of nitrogens with zero attached hydrogens (tertiary/aromatic N) is 2. The maximum Gasteiger partial charge on any atom is 0.312 e. The average molecular weight is 290 g/mol. The van der Waals surface area contributed by atoms with E-state index < -0.39 is 0 Å². The lowest BCUT2D eigenvalue weighted by atomic mass is 10.0. The molecule has 0 aliphatic carbocycles. The van der Waals surface area contributed by atoms with Gasteiger partial charge in [-0.15, -0.1) is 11.8 Å². The van der Waals surface area contributed by atoms with Gasteiger partial charge in [0.05, 0.1) is 0 Å². The number of carbonyl (C=O) groups is 2. The number of amides is 2. The van der Waals surface area contributed by atoms with Gasteiger partial charge in [0, 0.05) is 42.7 Å². The van der Waals surface area contributed by atoms with Crippen molar-refractivity contribution in [2.24, 2.45) is 0 Å². The van der Waals surface area contributed by atoms with E-state index in [0.717, 1.165) is 5.75 Å². The molecule has 106 valence electrons. The SMILES string of the molecule is CCN1CCN(CC2CSc3ccccc32)C(=O)C1=O. The molecule has 1 aromatic carbocycles. The van der Waals surface area contributed by atoms with Crippen LogP contribution in [0.25, 0.3) is 0 Å². The van der Waals surface area contributed by atoms with Gasteiger partial charge in [0.1, 0.15) is 0 Å². The predicted octanol–water partition coefficient (Wildman–Crippen LogP) is 1.57. The van der Waals surface area contributed by atoms with E-state index in [1.807, 2.05) is 30.8 Å². The van der Waals surface area contributed by atoms with Gasteiger partial charge in [-0.1, -0.05) is 18.2 Å². The molecule has 2 amide bonds. The fourth-order valence-electron chi connectivity index (χ4n) is 2.84. The number of benzene rings is 1. The Morgan fingerprint density at radius 1 is 1.15 bits per heavy atom. The second-order valence-electron chi connectivity index (χ2n) is 5.18. The smallest absolute Gasteiger partial charge is 0.312 e. The molecule has 0 bridgehead atoms. The van der Waals surface area contributed by atoms with Crippen LogP contribution in [0.5, 0.6) is 0 Å². The number of carbonyl (C=O) groups excluding carboxylic acids is 2. The van der Waals surface area contributed by atoms with Crippen molar-refractivity contribution in [2.45, 2.75) is 17.7 Å². The van der Waals surface area contributed by atoms with Gasteiger partial charge in [-0.25, -0.2) is 0 Å². The molecule has 2 aliphatic rings. The molecule has 1 saturated heterocycles. The highest BCUT2D eigenvalue weighted by Crippen LogP contribution is 2.39. The van der Waals surface area contributed by atoms with Crippen LogP contribution in [0.3, 0.4) is 0 Å². The van der Waals surface area contributed by atoms with Crippen molar-refractivity contribution in [1.29, 1.82) is 0 Å². The van der Waals surface area contributed by atoms with Crippen LogP contribution in [0.1, 0.15) is 18.4 Å². The van der Waals surface area contributed by atoms with E-state index in [9.17, 15) is 9.59 Å². The van der Waals surface area contributed by atoms with Crippen molar-refractivity contribution in [3.05, 3.63) is 29.8 Å². The van der Waals surface area contributed by atoms with Crippen LogP contribution < -0.4 is 0 Å². The molecule has 0 saturated carbocycles. The van der Waals surface area contributed by atoms with Gasteiger partial charge < -0.3 is 9.80 Å². The minimum absolute atomic E-state index is 0.340. The summed E-state index contributed by atoms with van der Waals surface area (Å²) < 4.78 is 0. The van der Waals surface area contributed by atoms with Crippen molar-refractivity contribution < 1.29 is 9.59 Å². The summed E-state index contributed by atoms with van der Waals surface area (Å²) in [7, 11) is 0. The van der Waals surface area contributed by atoms with Crippen molar-refractivity contribution in [3.63, 3.8) is 0 Å². The van der Waals surface area contributed by atoms with E-state index in [-0.39, 0.29) is 11.8 Å². The molecule has 20 heavy (non-hydrogen) atoms. The fourth-order valence-corrected chi connectivity index (χ4v) is 4.08. The van der Waals surface area contributed by atoms with E-state index in [4.69, 9.17) is 0 Å². The molecular weight excluding hydrogens is 272 g/mol. The zero-order valence-corrected chi connectivity index (χ0v) is 12.4. The molecule has 2 heterocycles. The lowest BCUT2D eigenvalue weighted by Gasteiger charge is -2.34. The molecule has 5 heteroatoms. The summed E-state index contributed by atoms with van der Waals surface area (Å²) in [6, 6.07) is 8.35. The third-order valence-electron chi connectivity index (χ3n) is 4.02. The zero-order valence-electron chi connectivity index (χ0n) is 11.5. The number of hydrogen-bond donors (Lipinski definition) is 0. The van der Waals surface area contributed by atoms with Crippen molar-refractivity contribution in [2.75, 3.05) is 31.9 Å². The average Bonchev–Trinajstić information content (AvgIpc) is 2.88. The lowest BCUT2D eigenvalue weighted by Crippen LogP contribution is -2.54. The first kappa shape index (κ1) is 13.5. The summed E-state index contributed by atoms with van der Waals surface area (Å²) in [5.74, 6) is 0.653. The maximum absolute atomic E-state index is 12.1. The van der Waals surface area contributed by atoms with Gasteiger partial charge in [-0.05, 0) is 18.6 Å². The molecule has 1 unspecified atom stereocenters. The fraction of sp³-hybridized carbons (Fsp3) is 0.467. The number of thioether (sulfide) groups is 1. The number of piperazine rings is 1. The highest BCUT2D eigenvalue weighted by molar-refractivity contribution is 7.99. The number of hydrogen-bond acceptors (Lipinski definition) is 3. The molecule has 2 aliphatic heterocycles. The van der Waals surface area contributed by atoms with Gasteiger partial charge >= 0.3 is 11.8 Å². The van der Waals surface area contributed by atoms with Crippen molar-refractivity contribution >= 4 is 23.6 Å². The molecule has 4 nitrogen and oxygen atoms in total. The number of likely N-dealkylation sites (N-methyl/N-ethyl adjacent to an activating group) is 1. The van der Waals surface area contributed by atoms with Crippen LogP contribution in [-0.2, 0) is 9.59 Å². The third kappa shape index (κ3) is 2.30. The second-order valence-corrected chi connectivity index (χ2v) is 6.24. The van der Waals surface area contributed by atoms with Crippen molar-refractivity contribution in [3.8, 4) is 0 Å². The summed E-state index contributed by atoms with van der Waals surface area (Å²) in [6.07, 6.45) is 0. The predicted molar refractivity (Wildman–Crippen MR) is 78.7 cm³/mol. The molecular formula is C15H18N2O2S. The quantitative estimate of drug-likeness (QED) is 0.793. The first-order valence-corrected chi connectivity index (χ1v) is 7.99. The van der Waals surface area contributed by atoms with E-state index in [1.165, 1.54) is 10.5 Å². The van der Waals surface area contributed by atoms with Gasteiger partial charge in [-0.3, -0.25) is 9.59 Å². The largest absolute Gasteiger partial charge is 0.333 e. The van der Waals surface area contributed by atoms with Crippen LogP contribution >= 0.6 is 11.8 Å². The Kier molecular flexibility index (Phi) is 3.70. The highest BCUT2D eigenvalue weighted by Gasteiger charge is 2.34. The Hall–Kier alpha value is -1.49. The minimum Gasteiger partial charge on any atom is -0.333 e. The molecule has 1 fully saturated rings. The van der Waals surface area contributed by atoms with E-state index >= 15 is 0 Å². The van der Waals surface area contributed by atoms with Crippen LogP contribution in [-0.4, -0.2) is 53.5 Å². The molecule has 1 aromatic rings. The highest BCUT2D eigenvalue weighted by atomic mass is 32.2. The Balaban J connectivity index is 1.71. The third-order valence-corrected chi connectivity index (χ3v) is 5.27. The standard InChI is InChI=1S/C15H18N2O2S/c1-2-16-7-8-17(15(19)14(16)18)9-11-10-20-13-6-4-3-5-12(11)13/h3-6,11H,2,7-10H2,1H3. The number of fused-ring (bicyclic) bond motifs is 1. The molecule has 0 radical (unpaired) electrons. The molecule has 3 rings (SSSR count). The molecule has 0 N–H and O–H groups in total. The van der Waals surface area contributed by atoms with E-state index in [2.05, 4.69) is 12.1 Å². The van der Waals surface area contributed by atoms with Crippen molar-refractivity contribution in [1.82, 2.24) is 9.80 Å². The summed E-state index contributed by atoms with van der Waals surface area (Å²) in [5, 5.41) is 0. The minimum atomic E-state index is -0.349. The van der Waals surface area contributed by atoms with Gasteiger partial charge in [0.2, 0.25) is 0 Å². The summed E-state index contributed by atoms with van der Waals surface area (Å²) >= 11 is 1.84.